The van der Waals surface area contributed by atoms with E-state index in [1.807, 2.05) is 24.3 Å². The van der Waals surface area contributed by atoms with Crippen LogP contribution in [0.5, 0.6) is 0 Å². The maximum atomic E-state index is 15.1. The highest BCUT2D eigenvalue weighted by Crippen LogP contribution is 2.43. The molecule has 0 radical (unpaired) electrons. The van der Waals surface area contributed by atoms with Gasteiger partial charge in [-0.1, -0.05) is 34.1 Å². The molecule has 2 aliphatic rings. The number of benzene rings is 1. The first-order valence-corrected chi connectivity index (χ1v) is 9.19. The Bertz CT molecular complexity index is 944. The van der Waals surface area contributed by atoms with Gasteiger partial charge in [-0.3, -0.25) is 0 Å². The Morgan fingerprint density at radius 2 is 1.70 bits per heavy atom. The molecule has 3 heterocycles. The minimum atomic E-state index is -3.97. The molecule has 0 saturated heterocycles. The zero-order valence-electron chi connectivity index (χ0n) is 11.5. The van der Waals surface area contributed by atoms with Crippen LogP contribution in [0.2, 0.25) is 0 Å². The Labute approximate surface area is 156 Å². The van der Waals surface area contributed by atoms with Crippen LogP contribution in [0.25, 0.3) is 5.57 Å². The van der Waals surface area contributed by atoms with Crippen molar-refractivity contribution in [2.45, 2.75) is 0 Å². The summed E-state index contributed by atoms with van der Waals surface area (Å²) in [5.41, 5.74) is 2.62. The summed E-state index contributed by atoms with van der Waals surface area (Å²) in [6.07, 6.45) is 3.38. The predicted molar refractivity (Wildman–Crippen MR) is 99.0 cm³/mol. The SMILES string of the molecule is F[B-]1(F)n2c(Br)ccc2C(c2ccccc2Br)=C2C=CC(Br)=[N+]21. The molecule has 1 aromatic heterocycles. The Balaban J connectivity index is 2.15. The molecule has 0 saturated carbocycles. The highest BCUT2D eigenvalue weighted by Gasteiger charge is 2.54. The van der Waals surface area contributed by atoms with Gasteiger partial charge in [0.1, 0.15) is 0 Å². The second kappa shape index (κ2) is 5.26. The van der Waals surface area contributed by atoms with Crippen LogP contribution in [0.15, 0.2) is 63.3 Å². The monoisotopic (exact) mass is 502 g/mol. The smallest absolute Gasteiger partial charge is 0.389 e. The van der Waals surface area contributed by atoms with Crippen LogP contribution in [-0.4, -0.2) is 20.6 Å². The number of fused-ring (bicyclic) bond motifs is 2. The summed E-state index contributed by atoms with van der Waals surface area (Å²) in [5.74, 6) is 0. The van der Waals surface area contributed by atoms with E-state index in [1.54, 1.807) is 24.3 Å². The van der Waals surface area contributed by atoms with Gasteiger partial charge in [0.15, 0.2) is 5.70 Å². The van der Waals surface area contributed by atoms with Crippen molar-refractivity contribution >= 4 is 65.0 Å². The standard InChI is InChI=1S/C15H8BBr3F2N2/c17-10-4-2-1-3-9(10)15-11-5-7-13(18)22(11)16(20,21)23-12(15)6-8-14(23)19/h1-8H. The largest absolute Gasteiger partial charge is 0.738 e. The maximum Gasteiger partial charge on any atom is 0.738 e. The van der Waals surface area contributed by atoms with Crippen molar-refractivity contribution in [2.24, 2.45) is 0 Å². The van der Waals surface area contributed by atoms with Gasteiger partial charge in [-0.2, -0.15) is 0 Å². The van der Waals surface area contributed by atoms with Crippen LogP contribution >= 0.6 is 47.8 Å². The molecule has 2 aromatic rings. The number of nitrogens with zero attached hydrogens (tertiary/aromatic N) is 2. The summed E-state index contributed by atoms with van der Waals surface area (Å²) in [6, 6.07) is 11.0. The lowest BCUT2D eigenvalue weighted by Crippen LogP contribution is -2.50. The molecule has 2 nitrogen and oxygen atoms in total. The highest BCUT2D eigenvalue weighted by atomic mass is 79.9. The van der Waals surface area contributed by atoms with E-state index in [0.29, 0.717) is 20.6 Å². The van der Waals surface area contributed by atoms with E-state index in [2.05, 4.69) is 47.8 Å². The van der Waals surface area contributed by atoms with Crippen molar-refractivity contribution in [3.05, 3.63) is 74.6 Å². The minimum absolute atomic E-state index is 0.355. The lowest BCUT2D eigenvalue weighted by molar-refractivity contribution is -0.358. The minimum Gasteiger partial charge on any atom is -0.389 e. The Kier molecular flexibility index (Phi) is 3.55. The van der Waals surface area contributed by atoms with E-state index in [9.17, 15) is 0 Å². The van der Waals surface area contributed by atoms with Gasteiger partial charge in [0.25, 0.3) is 0 Å². The average molecular weight is 505 g/mol. The number of hydrogen-bond acceptors (Lipinski definition) is 0. The summed E-state index contributed by atoms with van der Waals surface area (Å²) in [7, 11) is 0. The molecule has 0 spiro atoms. The molecule has 2 aliphatic heterocycles. The highest BCUT2D eigenvalue weighted by molar-refractivity contribution is 9.18. The molecule has 0 aliphatic carbocycles. The van der Waals surface area contributed by atoms with Gasteiger partial charge in [-0.15, -0.1) is 0 Å². The summed E-state index contributed by atoms with van der Waals surface area (Å²) in [5, 5.41) is 0. The third kappa shape index (κ3) is 2.11. The van der Waals surface area contributed by atoms with Gasteiger partial charge < -0.3 is 17.6 Å². The van der Waals surface area contributed by atoms with Crippen molar-refractivity contribution in [2.75, 3.05) is 0 Å². The van der Waals surface area contributed by atoms with Crippen molar-refractivity contribution in [1.29, 1.82) is 0 Å². The molecular weight excluding hydrogens is 497 g/mol. The molecule has 23 heavy (non-hydrogen) atoms. The molecule has 116 valence electrons. The molecule has 0 amide bonds. The molecule has 0 atom stereocenters. The summed E-state index contributed by atoms with van der Waals surface area (Å²) >= 11 is 10.0. The zero-order chi connectivity index (χ0) is 16.4. The normalized spacial score (nSPS) is 18.5. The second-order valence-electron chi connectivity index (χ2n) is 5.27. The summed E-state index contributed by atoms with van der Waals surface area (Å²) in [6.45, 7) is -3.97. The first-order chi connectivity index (χ1) is 10.9. The first-order valence-electron chi connectivity index (χ1n) is 6.81. The fourth-order valence-corrected chi connectivity index (χ4v) is 4.69. The predicted octanol–water partition coefficient (Wildman–Crippen LogP) is 5.38. The number of hydrogen-bond donors (Lipinski definition) is 0. The molecule has 8 heteroatoms. The van der Waals surface area contributed by atoms with Gasteiger partial charge in [0.2, 0.25) is 4.62 Å². The van der Waals surface area contributed by atoms with Gasteiger partial charge in [0, 0.05) is 43.8 Å². The van der Waals surface area contributed by atoms with Crippen molar-refractivity contribution in [3.8, 4) is 0 Å². The number of rotatable bonds is 1. The zero-order valence-corrected chi connectivity index (χ0v) is 16.2. The van der Waals surface area contributed by atoms with Crippen molar-refractivity contribution in [3.63, 3.8) is 0 Å². The molecule has 4 rings (SSSR count). The fourth-order valence-electron chi connectivity index (χ4n) is 3.07. The fraction of sp³-hybridized carbons (Fsp3) is 0. The van der Waals surface area contributed by atoms with Gasteiger partial charge in [-0.25, -0.2) is 0 Å². The lowest BCUT2D eigenvalue weighted by Gasteiger charge is -2.32. The third-order valence-electron chi connectivity index (χ3n) is 4.01. The Morgan fingerprint density at radius 3 is 2.43 bits per heavy atom. The van der Waals surface area contributed by atoms with Crippen LogP contribution in [0.3, 0.4) is 0 Å². The van der Waals surface area contributed by atoms with Crippen LogP contribution in [0.4, 0.5) is 8.63 Å². The van der Waals surface area contributed by atoms with Crippen LogP contribution in [0.1, 0.15) is 11.3 Å². The van der Waals surface area contributed by atoms with Crippen molar-refractivity contribution < 1.29 is 13.1 Å². The van der Waals surface area contributed by atoms with Gasteiger partial charge >= 0.3 is 6.97 Å². The van der Waals surface area contributed by atoms with Gasteiger partial charge in [0.05, 0.1) is 10.2 Å². The molecular formula is C15H8BBr3F2N2. The lowest BCUT2D eigenvalue weighted by atomic mass is 9.86. The number of allylic oxidation sites excluding steroid dienone is 2. The second-order valence-corrected chi connectivity index (χ2v) is 7.75. The van der Waals surface area contributed by atoms with Crippen molar-refractivity contribution in [1.82, 2.24) is 4.48 Å². The molecule has 0 unspecified atom stereocenters. The molecule has 1 aromatic carbocycles. The average Bonchev–Trinajstić information content (AvgIpc) is 3.06. The van der Waals surface area contributed by atoms with Gasteiger partial charge in [-0.05, 0) is 34.1 Å². The third-order valence-corrected chi connectivity index (χ3v) is 6.00. The van der Waals surface area contributed by atoms with Crippen LogP contribution < -0.4 is 0 Å². The topological polar surface area (TPSA) is 7.94 Å². The molecule has 0 fully saturated rings. The van der Waals surface area contributed by atoms with E-state index < -0.39 is 6.97 Å². The molecule has 0 bridgehead atoms. The first kappa shape index (κ1) is 15.5. The van der Waals surface area contributed by atoms with E-state index in [-0.39, 0.29) is 0 Å². The summed E-state index contributed by atoms with van der Waals surface area (Å²) in [4.78, 5) is 0. The quantitative estimate of drug-likeness (QED) is 0.461. The Morgan fingerprint density at radius 1 is 0.957 bits per heavy atom. The Hall–Kier alpha value is -0.985. The number of aromatic nitrogens is 1. The maximum absolute atomic E-state index is 15.1. The van der Waals surface area contributed by atoms with E-state index >= 15 is 8.63 Å². The summed E-state index contributed by atoms with van der Waals surface area (Å²) < 4.78 is 33.8. The number of halogens is 5. The van der Waals surface area contributed by atoms with E-state index in [1.165, 1.54) is 0 Å². The van der Waals surface area contributed by atoms with Crippen LogP contribution in [-0.2, 0) is 0 Å². The molecule has 0 N–H and O–H groups in total. The van der Waals surface area contributed by atoms with E-state index in [4.69, 9.17) is 0 Å². The van der Waals surface area contributed by atoms with E-state index in [0.717, 1.165) is 24.6 Å². The van der Waals surface area contributed by atoms with Crippen LogP contribution in [0, 0.1) is 0 Å².